The van der Waals surface area contributed by atoms with Crippen LogP contribution in [-0.2, 0) is 6.42 Å². The summed E-state index contributed by atoms with van der Waals surface area (Å²) < 4.78 is 5.92. The predicted molar refractivity (Wildman–Crippen MR) is 111 cm³/mol. The lowest BCUT2D eigenvalue weighted by molar-refractivity contribution is 0.183. The molecular formula is C24H27NO2. The van der Waals surface area contributed by atoms with Crippen LogP contribution in [0.1, 0.15) is 30.4 Å². The summed E-state index contributed by atoms with van der Waals surface area (Å²) in [4.78, 5) is 2.49. The molecule has 0 saturated carbocycles. The second-order valence-corrected chi connectivity index (χ2v) is 7.36. The van der Waals surface area contributed by atoms with Crippen molar-refractivity contribution >= 4 is 10.8 Å². The van der Waals surface area contributed by atoms with Crippen LogP contribution in [-0.4, -0.2) is 36.2 Å². The van der Waals surface area contributed by atoms with Crippen molar-refractivity contribution in [2.24, 2.45) is 0 Å². The van der Waals surface area contributed by atoms with Gasteiger partial charge in [0.05, 0.1) is 0 Å². The Balaban J connectivity index is 1.39. The second kappa shape index (κ2) is 8.45. The standard InChI is InChI=1S/C24H27NO2/c26-24-13-10-20-6-2-3-7-22(20)23(24)18-19-8-11-21(12-9-19)27-17-16-25-14-4-1-5-15-25/h2-3,6-13,26H,1,4-5,14-18H2. The molecule has 3 heteroatoms. The first-order chi connectivity index (χ1) is 13.3. The number of phenolic OH excluding ortho intramolecular Hbond substituents is 1. The van der Waals surface area contributed by atoms with Crippen molar-refractivity contribution in [3.63, 3.8) is 0 Å². The van der Waals surface area contributed by atoms with Crippen molar-refractivity contribution in [1.82, 2.24) is 4.90 Å². The van der Waals surface area contributed by atoms with Crippen molar-refractivity contribution < 1.29 is 9.84 Å². The van der Waals surface area contributed by atoms with Crippen molar-refractivity contribution in [1.29, 1.82) is 0 Å². The molecule has 0 aromatic heterocycles. The van der Waals surface area contributed by atoms with Gasteiger partial charge in [-0.3, -0.25) is 4.90 Å². The van der Waals surface area contributed by atoms with E-state index < -0.39 is 0 Å². The highest BCUT2D eigenvalue weighted by molar-refractivity contribution is 5.88. The number of aromatic hydroxyl groups is 1. The van der Waals surface area contributed by atoms with E-state index >= 15 is 0 Å². The summed E-state index contributed by atoms with van der Waals surface area (Å²) in [6.07, 6.45) is 4.71. The molecule has 140 valence electrons. The van der Waals surface area contributed by atoms with Gasteiger partial charge in [-0.25, -0.2) is 0 Å². The largest absolute Gasteiger partial charge is 0.508 e. The predicted octanol–water partition coefficient (Wildman–Crippen LogP) is 5.00. The Hall–Kier alpha value is -2.52. The fourth-order valence-electron chi connectivity index (χ4n) is 3.89. The quantitative estimate of drug-likeness (QED) is 0.670. The van der Waals surface area contributed by atoms with E-state index in [-0.39, 0.29) is 0 Å². The minimum atomic E-state index is 0.357. The van der Waals surface area contributed by atoms with Gasteiger partial charge in [-0.2, -0.15) is 0 Å². The maximum absolute atomic E-state index is 10.3. The van der Waals surface area contributed by atoms with E-state index in [1.807, 2.05) is 30.3 Å². The zero-order valence-corrected chi connectivity index (χ0v) is 15.7. The van der Waals surface area contributed by atoms with Crippen LogP contribution in [0, 0.1) is 0 Å². The topological polar surface area (TPSA) is 32.7 Å². The van der Waals surface area contributed by atoms with Crippen LogP contribution in [0.4, 0.5) is 0 Å². The summed E-state index contributed by atoms with van der Waals surface area (Å²) in [7, 11) is 0. The molecule has 0 bridgehead atoms. The van der Waals surface area contributed by atoms with Gasteiger partial charge in [0.2, 0.25) is 0 Å². The van der Waals surface area contributed by atoms with E-state index in [0.29, 0.717) is 12.2 Å². The summed E-state index contributed by atoms with van der Waals surface area (Å²) in [5.74, 6) is 1.27. The molecule has 3 nitrogen and oxygen atoms in total. The lowest BCUT2D eigenvalue weighted by atomic mass is 9.97. The van der Waals surface area contributed by atoms with Gasteiger partial charge in [0.15, 0.2) is 0 Å². The first kappa shape index (κ1) is 17.9. The van der Waals surface area contributed by atoms with Gasteiger partial charge in [0.1, 0.15) is 18.1 Å². The third-order valence-electron chi connectivity index (χ3n) is 5.45. The monoisotopic (exact) mass is 361 g/mol. The molecule has 0 spiro atoms. The number of ether oxygens (including phenoxy) is 1. The average molecular weight is 361 g/mol. The molecular weight excluding hydrogens is 334 g/mol. The van der Waals surface area contributed by atoms with Gasteiger partial charge in [0.25, 0.3) is 0 Å². The Bertz CT molecular complexity index is 883. The lowest BCUT2D eigenvalue weighted by Gasteiger charge is -2.26. The van der Waals surface area contributed by atoms with Gasteiger partial charge < -0.3 is 9.84 Å². The van der Waals surface area contributed by atoms with Crippen LogP contribution in [0.15, 0.2) is 60.7 Å². The summed E-state index contributed by atoms with van der Waals surface area (Å²) in [5.41, 5.74) is 2.15. The Morgan fingerprint density at radius 2 is 1.63 bits per heavy atom. The maximum atomic E-state index is 10.3. The van der Waals surface area contributed by atoms with Gasteiger partial charge in [-0.1, -0.05) is 48.9 Å². The normalized spacial score (nSPS) is 15.1. The molecule has 0 amide bonds. The zero-order valence-electron chi connectivity index (χ0n) is 15.7. The molecule has 1 aliphatic rings. The van der Waals surface area contributed by atoms with Crippen molar-refractivity contribution in [3.8, 4) is 11.5 Å². The molecule has 3 aromatic carbocycles. The lowest BCUT2D eigenvalue weighted by Crippen LogP contribution is -2.33. The molecule has 1 saturated heterocycles. The van der Waals surface area contributed by atoms with E-state index in [1.165, 1.54) is 37.9 Å². The van der Waals surface area contributed by atoms with Crippen LogP contribution in [0.2, 0.25) is 0 Å². The smallest absolute Gasteiger partial charge is 0.119 e. The highest BCUT2D eigenvalue weighted by atomic mass is 16.5. The van der Waals surface area contributed by atoms with Crippen LogP contribution in [0.3, 0.4) is 0 Å². The molecule has 3 aromatic rings. The molecule has 0 atom stereocenters. The number of hydrogen-bond acceptors (Lipinski definition) is 3. The number of nitrogens with zero attached hydrogens (tertiary/aromatic N) is 1. The fourth-order valence-corrected chi connectivity index (χ4v) is 3.89. The number of likely N-dealkylation sites (tertiary alicyclic amines) is 1. The Morgan fingerprint density at radius 3 is 2.44 bits per heavy atom. The van der Waals surface area contributed by atoms with E-state index in [2.05, 4.69) is 29.2 Å². The first-order valence-corrected chi connectivity index (χ1v) is 9.93. The van der Waals surface area contributed by atoms with Gasteiger partial charge in [-0.15, -0.1) is 0 Å². The van der Waals surface area contributed by atoms with E-state index in [4.69, 9.17) is 4.74 Å². The number of benzene rings is 3. The Kier molecular flexibility index (Phi) is 5.59. The highest BCUT2D eigenvalue weighted by Gasteiger charge is 2.10. The third kappa shape index (κ3) is 4.42. The zero-order chi connectivity index (χ0) is 18.5. The van der Waals surface area contributed by atoms with Crippen LogP contribution < -0.4 is 4.74 Å². The third-order valence-corrected chi connectivity index (χ3v) is 5.45. The summed E-state index contributed by atoms with van der Waals surface area (Å²) in [6, 6.07) is 20.2. The second-order valence-electron chi connectivity index (χ2n) is 7.36. The number of fused-ring (bicyclic) bond motifs is 1. The van der Waals surface area contributed by atoms with Gasteiger partial charge >= 0.3 is 0 Å². The number of hydrogen-bond donors (Lipinski definition) is 1. The van der Waals surface area contributed by atoms with Crippen LogP contribution >= 0.6 is 0 Å². The maximum Gasteiger partial charge on any atom is 0.119 e. The molecule has 27 heavy (non-hydrogen) atoms. The van der Waals surface area contributed by atoms with Crippen molar-refractivity contribution in [2.45, 2.75) is 25.7 Å². The number of phenols is 1. The Labute approximate surface area is 161 Å². The molecule has 0 radical (unpaired) electrons. The molecule has 0 unspecified atom stereocenters. The summed E-state index contributed by atoms with van der Waals surface area (Å²) in [6.45, 7) is 4.16. The van der Waals surface area contributed by atoms with E-state index in [1.54, 1.807) is 6.07 Å². The van der Waals surface area contributed by atoms with Crippen LogP contribution in [0.5, 0.6) is 11.5 Å². The average Bonchev–Trinajstić information content (AvgIpc) is 2.72. The molecule has 1 heterocycles. The van der Waals surface area contributed by atoms with E-state index in [9.17, 15) is 5.11 Å². The van der Waals surface area contributed by atoms with Crippen molar-refractivity contribution in [3.05, 3.63) is 71.8 Å². The number of rotatable bonds is 6. The first-order valence-electron chi connectivity index (χ1n) is 9.93. The van der Waals surface area contributed by atoms with E-state index in [0.717, 1.165) is 35.2 Å². The molecule has 0 aliphatic carbocycles. The molecule has 4 rings (SSSR count). The SMILES string of the molecule is Oc1ccc2ccccc2c1Cc1ccc(OCCN2CCCCC2)cc1. The minimum Gasteiger partial charge on any atom is -0.508 e. The highest BCUT2D eigenvalue weighted by Crippen LogP contribution is 2.29. The van der Waals surface area contributed by atoms with Crippen LogP contribution in [0.25, 0.3) is 10.8 Å². The number of piperidine rings is 1. The van der Waals surface area contributed by atoms with Gasteiger partial charge in [-0.05, 0) is 60.5 Å². The molecule has 1 fully saturated rings. The fraction of sp³-hybridized carbons (Fsp3) is 0.333. The Morgan fingerprint density at radius 1 is 0.852 bits per heavy atom. The van der Waals surface area contributed by atoms with Gasteiger partial charge in [0, 0.05) is 18.5 Å². The van der Waals surface area contributed by atoms with Crippen molar-refractivity contribution in [2.75, 3.05) is 26.2 Å². The minimum absolute atomic E-state index is 0.357. The summed E-state index contributed by atoms with van der Waals surface area (Å²) in [5, 5.41) is 12.6. The molecule has 1 N–H and O–H groups in total. The summed E-state index contributed by atoms with van der Waals surface area (Å²) >= 11 is 0. The molecule has 1 aliphatic heterocycles.